The molecule has 1 heterocycles. The Morgan fingerprint density at radius 2 is 1.64 bits per heavy atom. The van der Waals surface area contributed by atoms with Crippen LogP contribution < -0.4 is 5.73 Å². The van der Waals surface area contributed by atoms with Crippen molar-refractivity contribution >= 4 is 29.3 Å². The molecule has 0 fully saturated rings. The van der Waals surface area contributed by atoms with Gasteiger partial charge in [0.15, 0.2) is 11.4 Å². The summed E-state index contributed by atoms with van der Waals surface area (Å²) in [6.45, 7) is -0.325. The molecule has 4 aliphatic rings. The number of benzene rings is 2. The van der Waals surface area contributed by atoms with Gasteiger partial charge in [-0.25, -0.2) is 0 Å². The van der Waals surface area contributed by atoms with E-state index in [1.165, 1.54) is 23.1 Å². The predicted octanol–water partition coefficient (Wildman–Crippen LogP) is 0.917. The zero-order valence-electron chi connectivity index (χ0n) is 22.6. The lowest BCUT2D eigenvalue weighted by Gasteiger charge is -2.50. The van der Waals surface area contributed by atoms with Gasteiger partial charge in [-0.05, 0) is 50.6 Å². The maximum atomic E-state index is 13.9. The van der Waals surface area contributed by atoms with Crippen LogP contribution in [0.25, 0.3) is 0 Å². The quantitative estimate of drug-likeness (QED) is 0.259. The normalized spacial score (nSPS) is 26.9. The van der Waals surface area contributed by atoms with Crippen molar-refractivity contribution in [2.75, 3.05) is 14.1 Å². The first-order valence-corrected chi connectivity index (χ1v) is 13.2. The number of likely N-dealkylation sites (N-methyl/N-ethyl adjacent to an activating group) is 1. The summed E-state index contributed by atoms with van der Waals surface area (Å²) in [6, 6.07) is 8.33. The number of carbonyl (C=O) groups excluding carboxylic acids is 5. The number of Topliss-reactive ketones (excluding diaryl/α,β-unsaturated/α-hetero) is 2. The molecule has 0 saturated carbocycles. The zero-order valence-corrected chi connectivity index (χ0v) is 22.6. The van der Waals surface area contributed by atoms with Gasteiger partial charge in [0.25, 0.3) is 17.7 Å². The third kappa shape index (κ3) is 3.45. The SMILES string of the molecule is CN(C)[C@@H]1C(O)=C(C(N)=O)C(=O)[C@@]2(O)C(O)=C3C(=O)c4c(ccc(CN5C(=O)c6ccccc6C5=O)c4O)C[C@H]3C[C@@H]12. The third-order valence-corrected chi connectivity index (χ3v) is 8.89. The number of rotatable bonds is 4. The Labute approximate surface area is 238 Å². The van der Waals surface area contributed by atoms with E-state index in [0.29, 0.717) is 5.56 Å². The summed E-state index contributed by atoms with van der Waals surface area (Å²) >= 11 is 0. The first-order valence-electron chi connectivity index (χ1n) is 13.2. The van der Waals surface area contributed by atoms with Gasteiger partial charge in [-0.3, -0.25) is 33.8 Å². The highest BCUT2D eigenvalue weighted by atomic mass is 16.3. The van der Waals surface area contributed by atoms with E-state index in [4.69, 9.17) is 5.73 Å². The van der Waals surface area contributed by atoms with E-state index in [1.54, 1.807) is 32.3 Å². The van der Waals surface area contributed by atoms with Gasteiger partial charge >= 0.3 is 0 Å². The van der Waals surface area contributed by atoms with Crippen LogP contribution in [0.15, 0.2) is 59.1 Å². The van der Waals surface area contributed by atoms with Crippen molar-refractivity contribution in [3.8, 4) is 5.75 Å². The molecule has 42 heavy (non-hydrogen) atoms. The molecule has 2 aromatic rings. The maximum Gasteiger partial charge on any atom is 0.261 e. The minimum absolute atomic E-state index is 0.0245. The summed E-state index contributed by atoms with van der Waals surface area (Å²) in [7, 11) is 3.11. The standard InChI is InChI=1S/C30H27N3O9/c1-32(2)21-17-10-14-9-12-7-8-13(11-33-28(40)15-5-3-4-6-16(15)29(33)41)22(34)18(12)23(35)19(14)25(37)30(17,42)26(38)20(24(21)36)27(31)39/h3-8,14,17,21,34,36-37,42H,9-11H2,1-2H3,(H2,31,39)/t14-,17-,21-,30-/m0/s1. The summed E-state index contributed by atoms with van der Waals surface area (Å²) in [6.07, 6.45) is 0.110. The van der Waals surface area contributed by atoms with Crippen LogP contribution in [0.5, 0.6) is 5.75 Å². The van der Waals surface area contributed by atoms with Gasteiger partial charge in [-0.2, -0.15) is 0 Å². The number of hydrogen-bond acceptors (Lipinski definition) is 10. The predicted molar refractivity (Wildman–Crippen MR) is 144 cm³/mol. The lowest BCUT2D eigenvalue weighted by molar-refractivity contribution is -0.148. The molecule has 0 spiro atoms. The fraction of sp³-hybridized carbons (Fsp3) is 0.300. The number of primary amides is 1. The van der Waals surface area contributed by atoms with Gasteiger partial charge in [0, 0.05) is 17.1 Å². The summed E-state index contributed by atoms with van der Waals surface area (Å²) in [4.78, 5) is 67.6. The Balaban J connectivity index is 1.42. The smallest absolute Gasteiger partial charge is 0.261 e. The number of carbonyl (C=O) groups is 5. The minimum Gasteiger partial charge on any atom is -0.510 e. The topological polar surface area (TPSA) is 199 Å². The van der Waals surface area contributed by atoms with Gasteiger partial charge in [0.2, 0.25) is 5.78 Å². The van der Waals surface area contributed by atoms with Crippen molar-refractivity contribution in [2.24, 2.45) is 17.6 Å². The molecule has 6 N–H and O–H groups in total. The van der Waals surface area contributed by atoms with Gasteiger partial charge in [0.05, 0.1) is 29.3 Å². The molecule has 3 aliphatic carbocycles. The molecule has 3 amide bonds. The van der Waals surface area contributed by atoms with Crippen LogP contribution in [0.2, 0.25) is 0 Å². The Kier molecular flexibility index (Phi) is 5.93. The molecule has 216 valence electrons. The maximum absolute atomic E-state index is 13.9. The fourth-order valence-corrected chi connectivity index (χ4v) is 6.95. The Morgan fingerprint density at radius 1 is 1.02 bits per heavy atom. The number of amides is 3. The first kappa shape index (κ1) is 27.4. The number of aliphatic hydroxyl groups is 3. The summed E-state index contributed by atoms with van der Waals surface area (Å²) in [5.41, 5.74) is 2.24. The number of nitrogens with two attached hydrogens (primary N) is 1. The van der Waals surface area contributed by atoms with E-state index in [2.05, 4.69) is 0 Å². The number of phenols is 1. The van der Waals surface area contributed by atoms with E-state index < -0.39 is 75.6 Å². The number of allylic oxidation sites excluding steroid dienone is 1. The summed E-state index contributed by atoms with van der Waals surface area (Å²) in [5, 5.41) is 45.2. The Hall–Kier alpha value is -4.81. The molecule has 2 aromatic carbocycles. The molecule has 12 nitrogen and oxygen atoms in total. The van der Waals surface area contributed by atoms with Crippen LogP contribution in [0.4, 0.5) is 0 Å². The molecule has 0 bridgehead atoms. The van der Waals surface area contributed by atoms with E-state index >= 15 is 0 Å². The van der Waals surface area contributed by atoms with E-state index in [0.717, 1.165) is 4.90 Å². The van der Waals surface area contributed by atoms with Crippen molar-refractivity contribution in [3.05, 3.63) is 86.9 Å². The molecule has 4 atom stereocenters. The number of nitrogens with zero attached hydrogens (tertiary/aromatic N) is 2. The van der Waals surface area contributed by atoms with Crippen LogP contribution in [0, 0.1) is 11.8 Å². The first-order chi connectivity index (χ1) is 19.8. The highest BCUT2D eigenvalue weighted by Crippen LogP contribution is 2.52. The number of phenolic OH excluding ortho intramolecular Hbond substituents is 1. The monoisotopic (exact) mass is 573 g/mol. The van der Waals surface area contributed by atoms with Gasteiger partial charge in [0.1, 0.15) is 22.8 Å². The molecular formula is C30H27N3O9. The van der Waals surface area contributed by atoms with Crippen molar-refractivity contribution in [3.63, 3.8) is 0 Å². The number of aromatic hydroxyl groups is 1. The number of aliphatic hydroxyl groups excluding tert-OH is 2. The van der Waals surface area contributed by atoms with Gasteiger partial charge in [-0.15, -0.1) is 0 Å². The summed E-state index contributed by atoms with van der Waals surface area (Å²) in [5.74, 6) is -8.48. The van der Waals surface area contributed by atoms with E-state index in [1.807, 2.05) is 0 Å². The Morgan fingerprint density at radius 3 is 2.21 bits per heavy atom. The van der Waals surface area contributed by atoms with Crippen LogP contribution >= 0.6 is 0 Å². The second-order valence-electron chi connectivity index (χ2n) is 11.3. The van der Waals surface area contributed by atoms with Crippen molar-refractivity contribution < 1.29 is 44.4 Å². The molecule has 1 aliphatic heterocycles. The van der Waals surface area contributed by atoms with Crippen molar-refractivity contribution in [1.82, 2.24) is 9.80 Å². The molecule has 0 radical (unpaired) electrons. The largest absolute Gasteiger partial charge is 0.510 e. The number of imide groups is 1. The van der Waals surface area contributed by atoms with Gasteiger partial charge in [-0.1, -0.05) is 24.3 Å². The highest BCUT2D eigenvalue weighted by Gasteiger charge is 2.63. The molecule has 0 aromatic heterocycles. The van der Waals surface area contributed by atoms with E-state index in [-0.39, 0.29) is 47.2 Å². The second-order valence-corrected chi connectivity index (χ2v) is 11.3. The minimum atomic E-state index is -2.74. The third-order valence-electron chi connectivity index (χ3n) is 8.89. The fourth-order valence-electron chi connectivity index (χ4n) is 6.95. The van der Waals surface area contributed by atoms with E-state index in [9.17, 15) is 44.4 Å². The molecule has 0 saturated heterocycles. The van der Waals surface area contributed by atoms with Crippen LogP contribution in [-0.2, 0) is 22.6 Å². The number of ketones is 2. The zero-order chi connectivity index (χ0) is 30.4. The average molecular weight is 574 g/mol. The van der Waals surface area contributed by atoms with Crippen LogP contribution in [0.3, 0.4) is 0 Å². The van der Waals surface area contributed by atoms with Crippen molar-refractivity contribution in [2.45, 2.75) is 31.0 Å². The number of hydrogen-bond donors (Lipinski definition) is 5. The molecular weight excluding hydrogens is 546 g/mol. The molecule has 6 rings (SSSR count). The van der Waals surface area contributed by atoms with Gasteiger partial charge < -0.3 is 26.2 Å². The lowest BCUT2D eigenvalue weighted by atomic mass is 9.58. The Bertz CT molecular complexity index is 1690. The highest BCUT2D eigenvalue weighted by molar-refractivity contribution is 6.25. The average Bonchev–Trinajstić information content (AvgIpc) is 3.16. The van der Waals surface area contributed by atoms with Crippen LogP contribution in [0.1, 0.15) is 48.6 Å². The lowest BCUT2D eigenvalue weighted by Crippen LogP contribution is -2.63. The molecule has 12 heteroatoms. The van der Waals surface area contributed by atoms with Crippen molar-refractivity contribution in [1.29, 1.82) is 0 Å². The second kappa shape index (κ2) is 9.10. The summed E-state index contributed by atoms with van der Waals surface area (Å²) < 4.78 is 0. The van der Waals surface area contributed by atoms with Crippen LogP contribution in [-0.4, -0.2) is 85.3 Å². The number of fused-ring (bicyclic) bond motifs is 4. The molecule has 0 unspecified atom stereocenters.